The number of hydrogen-bond donors (Lipinski definition) is 0. The molecule has 0 spiro atoms. The monoisotopic (exact) mass is 615 g/mol. The zero-order valence-corrected chi connectivity index (χ0v) is 25.6. The third-order valence-corrected chi connectivity index (χ3v) is 9.11. The van der Waals surface area contributed by atoms with Gasteiger partial charge >= 0.3 is 0 Å². The van der Waals surface area contributed by atoms with Gasteiger partial charge in [0.15, 0.2) is 11.4 Å². The molecule has 6 aromatic carbocycles. The van der Waals surface area contributed by atoms with Crippen LogP contribution < -0.4 is 0 Å². The molecule has 4 heterocycles. The van der Waals surface area contributed by atoms with Crippen molar-refractivity contribution in [2.75, 3.05) is 0 Å². The van der Waals surface area contributed by atoms with E-state index in [-0.39, 0.29) is 0 Å². The molecule has 0 radical (unpaired) electrons. The first-order valence-corrected chi connectivity index (χ1v) is 15.9. The lowest BCUT2D eigenvalue weighted by Crippen LogP contribution is -1.96. The fraction of sp³-hybridized carbons (Fsp3) is 0. The highest BCUT2D eigenvalue weighted by Gasteiger charge is 2.19. The van der Waals surface area contributed by atoms with Gasteiger partial charge in [-0.05, 0) is 30.3 Å². The number of rotatable bonds is 4. The molecule has 48 heavy (non-hydrogen) atoms. The molecule has 10 rings (SSSR count). The second-order valence-corrected chi connectivity index (χ2v) is 12.0. The minimum atomic E-state index is 0.631. The minimum Gasteiger partial charge on any atom is -0.455 e. The molecule has 0 amide bonds. The Morgan fingerprint density at radius 2 is 1.02 bits per heavy atom. The van der Waals surface area contributed by atoms with Crippen LogP contribution in [0.25, 0.3) is 99.9 Å². The number of fused-ring (bicyclic) bond motifs is 8. The predicted molar refractivity (Wildman–Crippen MR) is 194 cm³/mol. The van der Waals surface area contributed by atoms with Gasteiger partial charge in [0.2, 0.25) is 0 Å². The van der Waals surface area contributed by atoms with Crippen molar-refractivity contribution in [3.63, 3.8) is 0 Å². The maximum atomic E-state index is 6.45. The largest absolute Gasteiger partial charge is 0.455 e. The van der Waals surface area contributed by atoms with Gasteiger partial charge < -0.3 is 8.83 Å². The Hall–Kier alpha value is -6.59. The zero-order valence-electron chi connectivity index (χ0n) is 25.6. The van der Waals surface area contributed by atoms with Crippen LogP contribution in [0.3, 0.4) is 0 Å². The van der Waals surface area contributed by atoms with E-state index in [1.165, 1.54) is 0 Å². The van der Waals surface area contributed by atoms with Gasteiger partial charge in [-0.3, -0.25) is 0 Å². The summed E-state index contributed by atoms with van der Waals surface area (Å²) in [5, 5.41) is 5.40. The standard InChI is InChI=1S/C43H25N3O2/c1-2-11-26(12-3-1)35-25-36(32-17-10-16-30-29-13-5-8-19-37(29)47-41(30)32)46-43(45-35)28-23-21-27(22-24-28)40-42-39(31-14-4-7-18-34(31)44-40)33-15-6-9-20-38(33)48-42/h1-25H. The van der Waals surface area contributed by atoms with E-state index in [0.29, 0.717) is 5.82 Å². The van der Waals surface area contributed by atoms with Gasteiger partial charge in [-0.15, -0.1) is 0 Å². The fourth-order valence-corrected chi connectivity index (χ4v) is 6.83. The van der Waals surface area contributed by atoms with E-state index in [4.69, 9.17) is 23.8 Å². The molecule has 0 saturated carbocycles. The third-order valence-electron chi connectivity index (χ3n) is 9.11. The van der Waals surface area contributed by atoms with E-state index >= 15 is 0 Å². The van der Waals surface area contributed by atoms with Crippen LogP contribution in [0, 0.1) is 0 Å². The first-order chi connectivity index (χ1) is 23.8. The van der Waals surface area contributed by atoms with Crippen LogP contribution in [0.4, 0.5) is 0 Å². The second-order valence-electron chi connectivity index (χ2n) is 12.0. The van der Waals surface area contributed by atoms with Crippen molar-refractivity contribution < 1.29 is 8.83 Å². The first kappa shape index (κ1) is 26.6. The van der Waals surface area contributed by atoms with Gasteiger partial charge in [-0.2, -0.15) is 0 Å². The van der Waals surface area contributed by atoms with E-state index < -0.39 is 0 Å². The quantitative estimate of drug-likeness (QED) is 0.197. The molecule has 0 N–H and O–H groups in total. The smallest absolute Gasteiger partial charge is 0.162 e. The van der Waals surface area contributed by atoms with Gasteiger partial charge in [0.1, 0.15) is 22.4 Å². The second kappa shape index (κ2) is 10.5. The lowest BCUT2D eigenvalue weighted by atomic mass is 10.0. The summed E-state index contributed by atoms with van der Waals surface area (Å²) >= 11 is 0. The fourth-order valence-electron chi connectivity index (χ4n) is 6.83. The Balaban J connectivity index is 1.14. The molecule has 0 saturated heterocycles. The van der Waals surface area contributed by atoms with Crippen LogP contribution in [0.1, 0.15) is 0 Å². The van der Waals surface area contributed by atoms with Crippen molar-refractivity contribution in [3.05, 3.63) is 152 Å². The molecule has 0 bridgehead atoms. The van der Waals surface area contributed by atoms with Gasteiger partial charge in [-0.1, -0.05) is 121 Å². The Morgan fingerprint density at radius 3 is 1.85 bits per heavy atom. The number of para-hydroxylation sites is 4. The maximum Gasteiger partial charge on any atom is 0.162 e. The molecule has 0 atom stereocenters. The first-order valence-electron chi connectivity index (χ1n) is 15.9. The van der Waals surface area contributed by atoms with Crippen LogP contribution in [-0.4, -0.2) is 15.0 Å². The molecule has 10 aromatic rings. The van der Waals surface area contributed by atoms with Crippen LogP contribution in [0.2, 0.25) is 0 Å². The van der Waals surface area contributed by atoms with Crippen molar-refractivity contribution in [1.29, 1.82) is 0 Å². The number of pyridine rings is 1. The topological polar surface area (TPSA) is 65.0 Å². The predicted octanol–water partition coefficient (Wildman–Crippen LogP) is 11.5. The van der Waals surface area contributed by atoms with Gasteiger partial charge in [0, 0.05) is 49.2 Å². The Kier molecular flexibility index (Phi) is 5.81. The number of nitrogens with zero attached hydrogens (tertiary/aromatic N) is 3. The Morgan fingerprint density at radius 1 is 0.396 bits per heavy atom. The molecule has 4 aromatic heterocycles. The SMILES string of the molecule is c1ccc(-c2cc(-c3cccc4c3oc3ccccc34)nc(-c3ccc(-c4nc5ccccc5c5c4oc4ccccc45)cc3)n2)cc1. The van der Waals surface area contributed by atoms with Crippen LogP contribution >= 0.6 is 0 Å². The minimum absolute atomic E-state index is 0.631. The lowest BCUT2D eigenvalue weighted by Gasteiger charge is -2.11. The Labute approximate surface area is 274 Å². The highest BCUT2D eigenvalue weighted by atomic mass is 16.3. The normalized spacial score (nSPS) is 11.8. The van der Waals surface area contributed by atoms with E-state index in [9.17, 15) is 0 Å². The molecule has 0 aliphatic rings. The summed E-state index contributed by atoms with van der Waals surface area (Å²) in [6, 6.07) is 51.3. The van der Waals surface area contributed by atoms with E-state index in [2.05, 4.69) is 78.9 Å². The third kappa shape index (κ3) is 4.15. The van der Waals surface area contributed by atoms with E-state index in [1.807, 2.05) is 72.8 Å². The average Bonchev–Trinajstić information content (AvgIpc) is 3.74. The summed E-state index contributed by atoms with van der Waals surface area (Å²) < 4.78 is 12.9. The molecule has 5 heteroatoms. The maximum absolute atomic E-state index is 6.45. The molecule has 224 valence electrons. The summed E-state index contributed by atoms with van der Waals surface area (Å²) in [6.07, 6.45) is 0. The van der Waals surface area contributed by atoms with Crippen molar-refractivity contribution in [1.82, 2.24) is 15.0 Å². The average molecular weight is 616 g/mol. The van der Waals surface area contributed by atoms with Gasteiger partial charge in [-0.25, -0.2) is 15.0 Å². The van der Waals surface area contributed by atoms with Crippen molar-refractivity contribution in [2.24, 2.45) is 0 Å². The molecule has 0 aliphatic carbocycles. The summed E-state index contributed by atoms with van der Waals surface area (Å²) in [7, 11) is 0. The molecular weight excluding hydrogens is 590 g/mol. The van der Waals surface area contributed by atoms with E-state index in [1.54, 1.807) is 0 Å². The highest BCUT2D eigenvalue weighted by molar-refractivity contribution is 6.20. The summed E-state index contributed by atoms with van der Waals surface area (Å²) in [5.74, 6) is 0.631. The van der Waals surface area contributed by atoms with Crippen LogP contribution in [-0.2, 0) is 0 Å². The molecule has 0 unspecified atom stereocenters. The summed E-state index contributed by atoms with van der Waals surface area (Å²) in [6.45, 7) is 0. The Bertz CT molecular complexity index is 2830. The number of benzene rings is 6. The molecular formula is C43H25N3O2. The number of hydrogen-bond acceptors (Lipinski definition) is 5. The van der Waals surface area contributed by atoms with Crippen LogP contribution in [0.5, 0.6) is 0 Å². The van der Waals surface area contributed by atoms with Crippen molar-refractivity contribution in [3.8, 4) is 45.2 Å². The van der Waals surface area contributed by atoms with E-state index in [0.717, 1.165) is 94.1 Å². The van der Waals surface area contributed by atoms with Crippen LogP contribution in [0.15, 0.2) is 160 Å². The van der Waals surface area contributed by atoms with Gasteiger partial charge in [0.25, 0.3) is 0 Å². The summed E-state index contributed by atoms with van der Waals surface area (Å²) in [4.78, 5) is 15.3. The summed E-state index contributed by atoms with van der Waals surface area (Å²) in [5.41, 5.74) is 10.5. The number of furan rings is 2. The lowest BCUT2D eigenvalue weighted by molar-refractivity contribution is 0.668. The van der Waals surface area contributed by atoms with Crippen molar-refractivity contribution in [2.45, 2.75) is 0 Å². The van der Waals surface area contributed by atoms with Gasteiger partial charge in [0.05, 0.1) is 16.9 Å². The molecule has 0 aliphatic heterocycles. The molecule has 5 nitrogen and oxygen atoms in total. The highest BCUT2D eigenvalue weighted by Crippen LogP contribution is 2.40. The number of aromatic nitrogens is 3. The van der Waals surface area contributed by atoms with Crippen molar-refractivity contribution >= 4 is 54.8 Å². The molecule has 0 fully saturated rings. The zero-order chi connectivity index (χ0) is 31.6.